The fourth-order valence-corrected chi connectivity index (χ4v) is 13.6. The molecule has 0 aliphatic heterocycles. The Balaban J connectivity index is 5.25. The zero-order valence-corrected chi connectivity index (χ0v) is 65.0. The zero-order chi connectivity index (χ0) is 71.2. The first kappa shape index (κ1) is 95.1. The van der Waals surface area contributed by atoms with E-state index >= 15 is 0 Å². The summed E-state index contributed by atoms with van der Waals surface area (Å²) in [6.45, 7) is 7.30. The van der Waals surface area contributed by atoms with Crippen molar-refractivity contribution < 1.29 is 80.2 Å². The Morgan fingerprint density at radius 2 is 0.474 bits per heavy atom. The van der Waals surface area contributed by atoms with Gasteiger partial charge in [-0.15, -0.1) is 0 Å². The molecule has 19 heteroatoms. The van der Waals surface area contributed by atoms with Crippen LogP contribution in [0.1, 0.15) is 413 Å². The average molecular weight is 1420 g/mol. The van der Waals surface area contributed by atoms with Crippen molar-refractivity contribution in [3.05, 3.63) is 0 Å². The highest BCUT2D eigenvalue weighted by Crippen LogP contribution is 2.45. The van der Waals surface area contributed by atoms with Gasteiger partial charge >= 0.3 is 39.5 Å². The summed E-state index contributed by atoms with van der Waals surface area (Å²) in [6, 6.07) is 0. The van der Waals surface area contributed by atoms with Gasteiger partial charge in [-0.25, -0.2) is 9.13 Å². The van der Waals surface area contributed by atoms with Crippen LogP contribution in [0.4, 0.5) is 0 Å². The highest BCUT2D eigenvalue weighted by Gasteiger charge is 2.30. The first-order valence-corrected chi connectivity index (χ1v) is 43.6. The van der Waals surface area contributed by atoms with Crippen LogP contribution < -0.4 is 0 Å². The second-order valence-corrected chi connectivity index (χ2v) is 31.5. The molecule has 0 heterocycles. The number of aliphatic hydroxyl groups is 1. The van der Waals surface area contributed by atoms with Crippen LogP contribution in [0, 0.1) is 5.92 Å². The van der Waals surface area contributed by atoms with Crippen LogP contribution >= 0.6 is 15.6 Å². The third-order valence-electron chi connectivity index (χ3n) is 18.3. The Bertz CT molecular complexity index is 1860. The van der Waals surface area contributed by atoms with Gasteiger partial charge in [0.15, 0.2) is 12.2 Å². The summed E-state index contributed by atoms with van der Waals surface area (Å²) in [5.74, 6) is -1.36. The molecule has 0 saturated heterocycles. The van der Waals surface area contributed by atoms with Gasteiger partial charge in [-0.1, -0.05) is 362 Å². The predicted molar refractivity (Wildman–Crippen MR) is 395 cm³/mol. The van der Waals surface area contributed by atoms with Gasteiger partial charge in [-0.2, -0.15) is 0 Å². The zero-order valence-electron chi connectivity index (χ0n) is 63.2. The third-order valence-corrected chi connectivity index (χ3v) is 20.2. The van der Waals surface area contributed by atoms with Gasteiger partial charge in [0.05, 0.1) is 26.4 Å². The minimum absolute atomic E-state index is 0.107. The molecule has 3 N–H and O–H groups in total. The molecular weight excluding hydrogens is 1270 g/mol. The molecule has 0 rings (SSSR count). The second-order valence-electron chi connectivity index (χ2n) is 28.6. The SMILES string of the molecule is CCCCCCCCCCCCCCCCCCCCC(=O)O[C@H](COC(=O)CCCCCCCCCCCCCCCCC)COP(=O)(O)OC[C@@H](O)COP(=O)(O)OC[C@@H](COC(=O)CCCCCCCCCCCCC)OC(=O)CCCCCCCCCCCCC(C)C. The van der Waals surface area contributed by atoms with Crippen molar-refractivity contribution in [2.75, 3.05) is 39.6 Å². The van der Waals surface area contributed by atoms with Crippen molar-refractivity contribution in [2.24, 2.45) is 5.92 Å². The molecule has 0 aromatic carbocycles. The van der Waals surface area contributed by atoms with Crippen LogP contribution in [0.25, 0.3) is 0 Å². The maximum absolute atomic E-state index is 13.1. The highest BCUT2D eigenvalue weighted by molar-refractivity contribution is 7.47. The second kappa shape index (κ2) is 71.1. The number of ether oxygens (including phenoxy) is 4. The first-order valence-electron chi connectivity index (χ1n) is 40.6. The molecule has 576 valence electrons. The lowest BCUT2D eigenvalue weighted by molar-refractivity contribution is -0.161. The average Bonchev–Trinajstić information content (AvgIpc) is 1.49. The van der Waals surface area contributed by atoms with Gasteiger partial charge in [0.25, 0.3) is 0 Å². The maximum Gasteiger partial charge on any atom is 0.472 e. The number of carbonyl (C=O) groups excluding carboxylic acids is 4. The van der Waals surface area contributed by atoms with E-state index in [1.54, 1.807) is 0 Å². The van der Waals surface area contributed by atoms with Crippen molar-refractivity contribution in [3.63, 3.8) is 0 Å². The van der Waals surface area contributed by atoms with Gasteiger partial charge < -0.3 is 33.8 Å². The molecular formula is C78H152O17P2. The lowest BCUT2D eigenvalue weighted by atomic mass is 10.0. The molecule has 97 heavy (non-hydrogen) atoms. The summed E-state index contributed by atoms with van der Waals surface area (Å²) in [5.41, 5.74) is 0. The number of carbonyl (C=O) groups is 4. The van der Waals surface area contributed by atoms with Crippen LogP contribution in [0.15, 0.2) is 0 Å². The number of aliphatic hydroxyl groups excluding tert-OH is 1. The summed E-state index contributed by atoms with van der Waals surface area (Å²) >= 11 is 0. The van der Waals surface area contributed by atoms with Crippen molar-refractivity contribution in [3.8, 4) is 0 Å². The molecule has 0 aliphatic carbocycles. The minimum atomic E-state index is -4.96. The number of hydrogen-bond donors (Lipinski definition) is 3. The topological polar surface area (TPSA) is 237 Å². The molecule has 17 nitrogen and oxygen atoms in total. The van der Waals surface area contributed by atoms with E-state index < -0.39 is 97.5 Å². The normalized spacial score (nSPS) is 13.9. The van der Waals surface area contributed by atoms with E-state index in [9.17, 15) is 43.2 Å². The summed E-state index contributed by atoms with van der Waals surface area (Å²) in [5, 5.41) is 10.6. The van der Waals surface area contributed by atoms with Crippen LogP contribution in [0.3, 0.4) is 0 Å². The molecule has 2 unspecified atom stereocenters. The highest BCUT2D eigenvalue weighted by atomic mass is 31.2. The number of hydrogen-bond acceptors (Lipinski definition) is 15. The van der Waals surface area contributed by atoms with E-state index in [0.29, 0.717) is 25.7 Å². The monoisotopic (exact) mass is 1420 g/mol. The Kier molecular flexibility index (Phi) is 69.6. The molecule has 0 spiro atoms. The lowest BCUT2D eigenvalue weighted by Gasteiger charge is -2.21. The smallest absolute Gasteiger partial charge is 0.462 e. The van der Waals surface area contributed by atoms with Crippen molar-refractivity contribution in [1.82, 2.24) is 0 Å². The molecule has 0 amide bonds. The van der Waals surface area contributed by atoms with Gasteiger partial charge in [-0.3, -0.25) is 37.3 Å². The van der Waals surface area contributed by atoms with E-state index in [2.05, 4.69) is 34.6 Å². The molecule has 5 atom stereocenters. The number of phosphoric acid groups is 2. The van der Waals surface area contributed by atoms with Crippen molar-refractivity contribution in [2.45, 2.75) is 432 Å². The van der Waals surface area contributed by atoms with Crippen molar-refractivity contribution in [1.29, 1.82) is 0 Å². The van der Waals surface area contributed by atoms with E-state index in [1.165, 1.54) is 238 Å². The maximum atomic E-state index is 13.1. The number of rotatable bonds is 78. The Morgan fingerprint density at radius 1 is 0.278 bits per heavy atom. The van der Waals surface area contributed by atoms with E-state index in [0.717, 1.165) is 95.8 Å². The molecule has 0 aromatic rings. The van der Waals surface area contributed by atoms with E-state index in [-0.39, 0.29) is 25.7 Å². The van der Waals surface area contributed by atoms with Gasteiger partial charge in [0.1, 0.15) is 19.3 Å². The van der Waals surface area contributed by atoms with Crippen LogP contribution in [0.5, 0.6) is 0 Å². The van der Waals surface area contributed by atoms with E-state index in [4.69, 9.17) is 37.0 Å². The predicted octanol–water partition coefficient (Wildman–Crippen LogP) is 23.3. The van der Waals surface area contributed by atoms with E-state index in [1.807, 2.05) is 0 Å². The molecule has 0 radical (unpaired) electrons. The molecule has 0 saturated carbocycles. The fraction of sp³-hybridized carbons (Fsp3) is 0.949. The summed E-state index contributed by atoms with van der Waals surface area (Å²) in [4.78, 5) is 72.9. The van der Waals surface area contributed by atoms with Crippen molar-refractivity contribution >= 4 is 39.5 Å². The van der Waals surface area contributed by atoms with Crippen LogP contribution in [-0.2, 0) is 65.4 Å². The fourth-order valence-electron chi connectivity index (χ4n) is 12.1. The van der Waals surface area contributed by atoms with Crippen LogP contribution in [0.2, 0.25) is 0 Å². The van der Waals surface area contributed by atoms with Gasteiger partial charge in [0.2, 0.25) is 0 Å². The standard InChI is InChI=1S/C78H152O17P2/c1-6-9-12-15-18-21-24-26-28-29-30-32-34-37-43-48-53-58-63-77(82)94-73(68-89-76(81)62-57-52-47-42-36-33-31-27-25-22-19-16-13-10-7-2)69-92-96(84,85)90-65-72(79)66-91-97(86,87)93-70-74(67-88-75(80)61-56-51-46-41-35-23-20-17-14-11-8-3)95-78(83)64-59-54-49-44-39-38-40-45-50-55-60-71(4)5/h71-74,79H,6-70H2,1-5H3,(H,84,85)(H,86,87)/t72-,73-,74-/m1/s1. The summed E-state index contributed by atoms with van der Waals surface area (Å²) in [6.07, 6.45) is 60.9. The Hall–Kier alpha value is -1.94. The third kappa shape index (κ3) is 72.2. The number of unbranched alkanes of at least 4 members (excludes halogenated alkanes) is 50. The lowest BCUT2D eigenvalue weighted by Crippen LogP contribution is -2.30. The number of phosphoric ester groups is 2. The Morgan fingerprint density at radius 3 is 0.701 bits per heavy atom. The minimum Gasteiger partial charge on any atom is -0.462 e. The van der Waals surface area contributed by atoms with Gasteiger partial charge in [-0.05, 0) is 31.6 Å². The number of esters is 4. The molecule has 0 aliphatic rings. The molecule has 0 fully saturated rings. The van der Waals surface area contributed by atoms with Crippen LogP contribution in [-0.4, -0.2) is 96.7 Å². The molecule has 0 aromatic heterocycles. The summed E-state index contributed by atoms with van der Waals surface area (Å²) < 4.78 is 68.6. The molecule has 0 bridgehead atoms. The largest absolute Gasteiger partial charge is 0.472 e. The Labute approximate surface area is 594 Å². The van der Waals surface area contributed by atoms with Gasteiger partial charge in [0, 0.05) is 25.7 Å². The summed E-state index contributed by atoms with van der Waals surface area (Å²) in [7, 11) is -9.91. The quantitative estimate of drug-likeness (QED) is 0.0222. The first-order chi connectivity index (χ1) is 47.0.